The second kappa shape index (κ2) is 6.38. The Morgan fingerprint density at radius 2 is 1.77 bits per heavy atom. The van der Waals surface area contributed by atoms with Crippen molar-refractivity contribution in [1.82, 2.24) is 0 Å². The van der Waals surface area contributed by atoms with E-state index in [0.29, 0.717) is 21.9 Å². The zero-order chi connectivity index (χ0) is 16.3. The van der Waals surface area contributed by atoms with Gasteiger partial charge in [0.25, 0.3) is 0 Å². The summed E-state index contributed by atoms with van der Waals surface area (Å²) in [5, 5.41) is 20.1. The van der Waals surface area contributed by atoms with Crippen LogP contribution in [0.4, 0.5) is 0 Å². The number of rotatable bonds is 5. The number of halogens is 1. The highest BCUT2D eigenvalue weighted by Crippen LogP contribution is 2.27. The quantitative estimate of drug-likeness (QED) is 0.882. The van der Waals surface area contributed by atoms with E-state index in [9.17, 15) is 9.90 Å². The Hall–Kier alpha value is -2.04. The third-order valence-electron chi connectivity index (χ3n) is 3.25. The zero-order valence-corrected chi connectivity index (χ0v) is 13.0. The molecule has 116 valence electrons. The van der Waals surface area contributed by atoms with Gasteiger partial charge in [-0.2, -0.15) is 0 Å². The topological polar surface area (TPSA) is 66.8 Å². The molecule has 2 aromatic carbocycles. The van der Waals surface area contributed by atoms with Crippen LogP contribution in [-0.2, 0) is 4.79 Å². The van der Waals surface area contributed by atoms with E-state index in [1.54, 1.807) is 48.5 Å². The summed E-state index contributed by atoms with van der Waals surface area (Å²) in [5.74, 6) is -0.672. The molecule has 5 heteroatoms. The van der Waals surface area contributed by atoms with Gasteiger partial charge in [-0.15, -0.1) is 0 Å². The van der Waals surface area contributed by atoms with E-state index in [2.05, 4.69) is 0 Å². The van der Waals surface area contributed by atoms with Gasteiger partial charge in [-0.3, -0.25) is 0 Å². The van der Waals surface area contributed by atoms with Crippen LogP contribution >= 0.6 is 11.6 Å². The third-order valence-corrected chi connectivity index (χ3v) is 3.50. The van der Waals surface area contributed by atoms with E-state index in [0.717, 1.165) is 0 Å². The summed E-state index contributed by atoms with van der Waals surface area (Å²) in [6.07, 6.45) is -0.839. The maximum absolute atomic E-state index is 11.1. The molecule has 0 aliphatic carbocycles. The number of carbonyl (C=O) groups is 1. The highest BCUT2D eigenvalue weighted by molar-refractivity contribution is 6.30. The number of aliphatic carboxylic acids is 1. The van der Waals surface area contributed by atoms with E-state index >= 15 is 0 Å². The van der Waals surface area contributed by atoms with Gasteiger partial charge >= 0.3 is 5.97 Å². The molecule has 2 rings (SSSR count). The fourth-order valence-electron chi connectivity index (χ4n) is 1.92. The Labute approximate surface area is 133 Å². The molecule has 2 aromatic rings. The summed E-state index contributed by atoms with van der Waals surface area (Å²) in [5.41, 5.74) is -0.0378. The van der Waals surface area contributed by atoms with Crippen molar-refractivity contribution in [3.8, 4) is 5.75 Å². The smallest absolute Gasteiger partial charge is 0.347 e. The molecule has 0 saturated heterocycles. The molecule has 0 fully saturated rings. The minimum Gasteiger partial charge on any atom is -0.478 e. The molecule has 0 aliphatic heterocycles. The monoisotopic (exact) mass is 320 g/mol. The van der Waals surface area contributed by atoms with Crippen molar-refractivity contribution in [2.75, 3.05) is 0 Å². The van der Waals surface area contributed by atoms with Gasteiger partial charge in [-0.25, -0.2) is 4.79 Å². The largest absolute Gasteiger partial charge is 0.478 e. The van der Waals surface area contributed by atoms with Crippen LogP contribution in [0.3, 0.4) is 0 Å². The normalized spacial score (nSPS) is 12.7. The maximum Gasteiger partial charge on any atom is 0.347 e. The minimum atomic E-state index is -1.34. The summed E-state index contributed by atoms with van der Waals surface area (Å²) in [6.45, 7) is 2.94. The molecular formula is C17H17ClO4. The first-order chi connectivity index (χ1) is 10.3. The van der Waals surface area contributed by atoms with Crippen LogP contribution in [0, 0.1) is 0 Å². The van der Waals surface area contributed by atoms with Gasteiger partial charge in [0.15, 0.2) is 5.60 Å². The Kier molecular flexibility index (Phi) is 4.74. The minimum absolute atomic E-state index is 0.387. The standard InChI is InChI=1S/C17H17ClO4/c1-17(2,16(20)21)22-14-5-3-4-12(10-14)15(19)11-6-8-13(18)9-7-11/h3-10,15,19H,1-2H3,(H,20,21). The number of aliphatic hydroxyl groups excluding tert-OH is 1. The van der Waals surface area contributed by atoms with Gasteiger partial charge in [-0.05, 0) is 49.2 Å². The third kappa shape index (κ3) is 3.78. The Morgan fingerprint density at radius 1 is 1.14 bits per heavy atom. The van der Waals surface area contributed by atoms with Crippen LogP contribution < -0.4 is 4.74 Å². The summed E-state index contributed by atoms with van der Waals surface area (Å²) in [7, 11) is 0. The van der Waals surface area contributed by atoms with Crippen LogP contribution in [0.25, 0.3) is 0 Å². The van der Waals surface area contributed by atoms with E-state index in [4.69, 9.17) is 21.4 Å². The summed E-state index contributed by atoms with van der Waals surface area (Å²) >= 11 is 5.83. The number of carboxylic acid groups (broad SMARTS) is 1. The van der Waals surface area contributed by atoms with Crippen molar-refractivity contribution >= 4 is 17.6 Å². The molecule has 0 bridgehead atoms. The summed E-state index contributed by atoms with van der Waals surface area (Å²) in [4.78, 5) is 11.1. The van der Waals surface area contributed by atoms with Crippen LogP contribution in [0.15, 0.2) is 48.5 Å². The van der Waals surface area contributed by atoms with Crippen molar-refractivity contribution in [3.05, 3.63) is 64.7 Å². The highest BCUT2D eigenvalue weighted by atomic mass is 35.5. The average Bonchev–Trinajstić information content (AvgIpc) is 2.47. The van der Waals surface area contributed by atoms with Crippen LogP contribution in [0.2, 0.25) is 5.02 Å². The Bertz CT molecular complexity index is 665. The summed E-state index contributed by atoms with van der Waals surface area (Å²) < 4.78 is 5.48. The molecule has 0 heterocycles. The molecule has 1 atom stereocenters. The van der Waals surface area contributed by atoms with E-state index < -0.39 is 17.7 Å². The lowest BCUT2D eigenvalue weighted by atomic mass is 10.0. The molecule has 4 nitrogen and oxygen atoms in total. The number of benzene rings is 2. The van der Waals surface area contributed by atoms with Gasteiger partial charge < -0.3 is 14.9 Å². The van der Waals surface area contributed by atoms with Crippen LogP contribution in [0.5, 0.6) is 5.75 Å². The number of carboxylic acids is 1. The average molecular weight is 321 g/mol. The molecule has 0 saturated carbocycles. The molecule has 0 aromatic heterocycles. The van der Waals surface area contributed by atoms with Crippen molar-refractivity contribution < 1.29 is 19.7 Å². The van der Waals surface area contributed by atoms with Crippen molar-refractivity contribution in [1.29, 1.82) is 0 Å². The van der Waals surface area contributed by atoms with Gasteiger partial charge in [0.2, 0.25) is 0 Å². The van der Waals surface area contributed by atoms with Crippen molar-refractivity contribution in [2.24, 2.45) is 0 Å². The molecule has 0 amide bonds. The van der Waals surface area contributed by atoms with Crippen LogP contribution in [-0.4, -0.2) is 21.8 Å². The number of ether oxygens (including phenoxy) is 1. The highest BCUT2D eigenvalue weighted by Gasteiger charge is 2.29. The molecule has 0 spiro atoms. The van der Waals surface area contributed by atoms with Crippen LogP contribution in [0.1, 0.15) is 31.1 Å². The maximum atomic E-state index is 11.1. The van der Waals surface area contributed by atoms with E-state index in [-0.39, 0.29) is 0 Å². The van der Waals surface area contributed by atoms with Gasteiger partial charge in [0.05, 0.1) is 0 Å². The predicted molar refractivity (Wildman–Crippen MR) is 84.3 cm³/mol. The van der Waals surface area contributed by atoms with Gasteiger partial charge in [0.1, 0.15) is 11.9 Å². The number of aliphatic hydroxyl groups is 1. The number of hydrogen-bond acceptors (Lipinski definition) is 3. The SMILES string of the molecule is CC(C)(Oc1cccc(C(O)c2ccc(Cl)cc2)c1)C(=O)O. The predicted octanol–water partition coefficient (Wildman–Crippen LogP) is 3.66. The molecule has 2 N–H and O–H groups in total. The Balaban J connectivity index is 2.24. The zero-order valence-electron chi connectivity index (χ0n) is 12.3. The molecule has 1 unspecified atom stereocenters. The first-order valence-corrected chi connectivity index (χ1v) is 7.13. The second-order valence-electron chi connectivity index (χ2n) is 5.44. The van der Waals surface area contributed by atoms with E-state index in [1.807, 2.05) is 0 Å². The summed E-state index contributed by atoms with van der Waals surface area (Å²) in [6, 6.07) is 13.6. The first-order valence-electron chi connectivity index (χ1n) is 6.75. The Morgan fingerprint density at radius 3 is 2.36 bits per heavy atom. The van der Waals surface area contributed by atoms with E-state index in [1.165, 1.54) is 13.8 Å². The second-order valence-corrected chi connectivity index (χ2v) is 5.88. The first kappa shape index (κ1) is 16.3. The molecule has 0 aliphatic rings. The molecule has 0 radical (unpaired) electrons. The molecular weight excluding hydrogens is 304 g/mol. The van der Waals surface area contributed by atoms with Gasteiger partial charge in [0, 0.05) is 5.02 Å². The fourth-order valence-corrected chi connectivity index (χ4v) is 2.05. The molecule has 22 heavy (non-hydrogen) atoms. The lowest BCUT2D eigenvalue weighted by molar-refractivity contribution is -0.152. The van der Waals surface area contributed by atoms with Gasteiger partial charge in [-0.1, -0.05) is 35.9 Å². The lowest BCUT2D eigenvalue weighted by Crippen LogP contribution is -2.37. The fraction of sp³-hybridized carbons (Fsp3) is 0.235. The van der Waals surface area contributed by atoms with Crippen molar-refractivity contribution in [2.45, 2.75) is 25.6 Å². The number of hydrogen-bond donors (Lipinski definition) is 2. The van der Waals surface area contributed by atoms with Crippen molar-refractivity contribution in [3.63, 3.8) is 0 Å². The lowest BCUT2D eigenvalue weighted by Gasteiger charge is -2.22.